The Morgan fingerprint density at radius 3 is 2.80 bits per heavy atom. The summed E-state index contributed by atoms with van der Waals surface area (Å²) >= 11 is 3.62. The molecule has 3 heteroatoms. The highest BCUT2D eigenvalue weighted by Gasteiger charge is 2.22. The lowest BCUT2D eigenvalue weighted by molar-refractivity contribution is 0.349. The first-order valence-corrected chi connectivity index (χ1v) is 7.73. The molecule has 1 atom stereocenters. The van der Waals surface area contributed by atoms with Gasteiger partial charge in [-0.25, -0.2) is 0 Å². The molecule has 0 spiro atoms. The van der Waals surface area contributed by atoms with Gasteiger partial charge in [0, 0.05) is 22.5 Å². The Balaban J connectivity index is 1.94. The normalized spacial score (nSPS) is 14.7. The second-order valence-corrected chi connectivity index (χ2v) is 6.03. The maximum Gasteiger partial charge on any atom is 0.127 e. The van der Waals surface area contributed by atoms with Gasteiger partial charge in [-0.05, 0) is 36.7 Å². The molecule has 1 N–H and O–H groups in total. The Morgan fingerprint density at radius 2 is 2.05 bits per heavy atom. The molecule has 1 aliphatic heterocycles. The molecule has 0 aliphatic carbocycles. The van der Waals surface area contributed by atoms with Crippen LogP contribution < -0.4 is 10.1 Å². The predicted molar refractivity (Wildman–Crippen MR) is 85.3 cm³/mol. The van der Waals surface area contributed by atoms with Crippen molar-refractivity contribution in [2.45, 2.75) is 18.9 Å². The van der Waals surface area contributed by atoms with Crippen molar-refractivity contribution in [3.63, 3.8) is 0 Å². The average molecular weight is 332 g/mol. The molecule has 0 aromatic heterocycles. The minimum atomic E-state index is 0.266. The topological polar surface area (TPSA) is 21.3 Å². The molecular formula is C17H18BrNO. The van der Waals surface area contributed by atoms with Crippen LogP contribution in [0.25, 0.3) is 0 Å². The molecule has 3 rings (SSSR count). The van der Waals surface area contributed by atoms with E-state index >= 15 is 0 Å². The van der Waals surface area contributed by atoms with E-state index in [1.54, 1.807) is 0 Å². The number of benzene rings is 2. The second kappa shape index (κ2) is 5.98. The predicted octanol–water partition coefficient (Wildman–Crippen LogP) is 3.89. The summed E-state index contributed by atoms with van der Waals surface area (Å²) in [6, 6.07) is 15.2. The zero-order valence-electron chi connectivity index (χ0n) is 11.5. The van der Waals surface area contributed by atoms with Gasteiger partial charge in [0.25, 0.3) is 0 Å². The highest BCUT2D eigenvalue weighted by atomic mass is 79.9. The van der Waals surface area contributed by atoms with Crippen LogP contribution in [-0.2, 0) is 12.8 Å². The van der Waals surface area contributed by atoms with Crippen LogP contribution in [0.1, 0.15) is 22.7 Å². The number of likely N-dealkylation sites (N-methyl/N-ethyl adjacent to an activating group) is 1. The zero-order valence-corrected chi connectivity index (χ0v) is 13.1. The van der Waals surface area contributed by atoms with Gasteiger partial charge in [0.15, 0.2) is 0 Å². The van der Waals surface area contributed by atoms with E-state index in [9.17, 15) is 0 Å². The van der Waals surface area contributed by atoms with Gasteiger partial charge in [-0.1, -0.05) is 46.3 Å². The largest absolute Gasteiger partial charge is 0.493 e. The van der Waals surface area contributed by atoms with Crippen molar-refractivity contribution in [2.75, 3.05) is 13.7 Å². The number of halogens is 1. The van der Waals surface area contributed by atoms with Gasteiger partial charge in [-0.2, -0.15) is 0 Å². The quantitative estimate of drug-likeness (QED) is 0.917. The van der Waals surface area contributed by atoms with E-state index in [0.717, 1.165) is 29.7 Å². The molecule has 0 bridgehead atoms. The maximum absolute atomic E-state index is 5.84. The van der Waals surface area contributed by atoms with Gasteiger partial charge >= 0.3 is 0 Å². The number of hydrogen-bond donors (Lipinski definition) is 1. The highest BCUT2D eigenvalue weighted by Crippen LogP contribution is 2.37. The summed E-state index contributed by atoms with van der Waals surface area (Å²) in [5.41, 5.74) is 3.89. The van der Waals surface area contributed by atoms with Gasteiger partial charge < -0.3 is 10.1 Å². The van der Waals surface area contributed by atoms with Crippen molar-refractivity contribution in [1.82, 2.24) is 5.32 Å². The molecule has 1 aliphatic rings. The highest BCUT2D eigenvalue weighted by molar-refractivity contribution is 9.10. The lowest BCUT2D eigenvalue weighted by Crippen LogP contribution is -2.19. The molecule has 1 unspecified atom stereocenters. The van der Waals surface area contributed by atoms with E-state index in [2.05, 4.69) is 63.7 Å². The summed E-state index contributed by atoms with van der Waals surface area (Å²) in [6.45, 7) is 0.792. The summed E-state index contributed by atoms with van der Waals surface area (Å²) in [7, 11) is 2.01. The van der Waals surface area contributed by atoms with Crippen LogP contribution in [0.4, 0.5) is 0 Å². The summed E-state index contributed by atoms with van der Waals surface area (Å²) in [4.78, 5) is 0. The fourth-order valence-corrected chi connectivity index (χ4v) is 3.30. The van der Waals surface area contributed by atoms with E-state index in [4.69, 9.17) is 4.74 Å². The molecule has 104 valence electrons. The number of fused-ring (bicyclic) bond motifs is 1. The fraction of sp³-hybridized carbons (Fsp3) is 0.294. The van der Waals surface area contributed by atoms with Crippen molar-refractivity contribution in [1.29, 1.82) is 0 Å². The number of nitrogens with one attached hydrogen (secondary N) is 1. The van der Waals surface area contributed by atoms with E-state index in [1.807, 2.05) is 7.05 Å². The van der Waals surface area contributed by atoms with Crippen molar-refractivity contribution in [3.8, 4) is 5.75 Å². The fourth-order valence-electron chi connectivity index (χ4n) is 2.77. The lowest BCUT2D eigenvalue weighted by Gasteiger charge is -2.20. The molecule has 0 amide bonds. The molecule has 2 aromatic carbocycles. The molecule has 0 saturated carbocycles. The number of hydrogen-bond acceptors (Lipinski definition) is 2. The summed E-state index contributed by atoms with van der Waals surface area (Å²) in [5.74, 6) is 1.07. The smallest absolute Gasteiger partial charge is 0.127 e. The van der Waals surface area contributed by atoms with Gasteiger partial charge in [0.2, 0.25) is 0 Å². The zero-order chi connectivity index (χ0) is 13.9. The van der Waals surface area contributed by atoms with Crippen molar-refractivity contribution in [2.24, 2.45) is 0 Å². The first kappa shape index (κ1) is 13.7. The van der Waals surface area contributed by atoms with Crippen LogP contribution in [0.2, 0.25) is 0 Å². The maximum atomic E-state index is 5.84. The third-order valence-corrected chi connectivity index (χ3v) is 4.24. The van der Waals surface area contributed by atoms with E-state index in [0.29, 0.717) is 0 Å². The minimum absolute atomic E-state index is 0.266. The third-order valence-electron chi connectivity index (χ3n) is 3.78. The first-order valence-electron chi connectivity index (χ1n) is 6.94. The Labute approximate surface area is 128 Å². The van der Waals surface area contributed by atoms with Gasteiger partial charge in [-0.3, -0.25) is 0 Å². The Hall–Kier alpha value is -1.32. The van der Waals surface area contributed by atoms with Gasteiger partial charge in [0.1, 0.15) is 5.75 Å². The number of ether oxygens (including phenoxy) is 1. The summed E-state index contributed by atoms with van der Waals surface area (Å²) < 4.78 is 6.97. The summed E-state index contributed by atoms with van der Waals surface area (Å²) in [6.07, 6.45) is 1.97. The van der Waals surface area contributed by atoms with E-state index < -0.39 is 0 Å². The Bertz CT molecular complexity index is 597. The molecule has 1 heterocycles. The van der Waals surface area contributed by atoms with Crippen LogP contribution in [0.3, 0.4) is 0 Å². The van der Waals surface area contributed by atoms with Crippen molar-refractivity contribution >= 4 is 15.9 Å². The lowest BCUT2D eigenvalue weighted by atomic mass is 9.96. The van der Waals surface area contributed by atoms with Crippen LogP contribution in [0.5, 0.6) is 5.75 Å². The second-order valence-electron chi connectivity index (χ2n) is 5.11. The van der Waals surface area contributed by atoms with Gasteiger partial charge in [0.05, 0.1) is 6.61 Å². The first-order chi connectivity index (χ1) is 9.78. The number of rotatable bonds is 4. The Kier molecular flexibility index (Phi) is 4.08. The summed E-state index contributed by atoms with van der Waals surface area (Å²) in [5, 5.41) is 3.42. The van der Waals surface area contributed by atoms with E-state index in [-0.39, 0.29) is 6.04 Å². The molecular weight excluding hydrogens is 314 g/mol. The standard InChI is InChI=1S/C17H18BrNO/c1-19-16(9-12-5-3-2-4-6-12)15-11-14(18)10-13-7-8-20-17(13)15/h2-6,10-11,16,19H,7-9H2,1H3. The molecule has 0 radical (unpaired) electrons. The minimum Gasteiger partial charge on any atom is -0.493 e. The Morgan fingerprint density at radius 1 is 1.25 bits per heavy atom. The molecule has 20 heavy (non-hydrogen) atoms. The molecule has 0 fully saturated rings. The molecule has 0 saturated heterocycles. The molecule has 2 aromatic rings. The monoisotopic (exact) mass is 331 g/mol. The molecule has 2 nitrogen and oxygen atoms in total. The third kappa shape index (κ3) is 2.74. The van der Waals surface area contributed by atoms with Crippen LogP contribution in [0, 0.1) is 0 Å². The van der Waals surface area contributed by atoms with Crippen molar-refractivity contribution < 1.29 is 4.74 Å². The van der Waals surface area contributed by atoms with Crippen LogP contribution in [0.15, 0.2) is 46.9 Å². The van der Waals surface area contributed by atoms with Crippen LogP contribution in [-0.4, -0.2) is 13.7 Å². The van der Waals surface area contributed by atoms with Gasteiger partial charge in [-0.15, -0.1) is 0 Å². The average Bonchev–Trinajstić information content (AvgIpc) is 2.93. The van der Waals surface area contributed by atoms with Crippen LogP contribution >= 0.6 is 15.9 Å². The van der Waals surface area contributed by atoms with E-state index in [1.165, 1.54) is 16.7 Å². The van der Waals surface area contributed by atoms with Crippen molar-refractivity contribution in [3.05, 3.63) is 63.6 Å². The SMILES string of the molecule is CNC(Cc1ccccc1)c1cc(Br)cc2c1OCC2.